The molecule has 3 heteroatoms. The van der Waals surface area contributed by atoms with Crippen LogP contribution < -0.4 is 4.74 Å². The van der Waals surface area contributed by atoms with Gasteiger partial charge in [-0.05, 0) is 31.0 Å². The van der Waals surface area contributed by atoms with Crippen LogP contribution in [0.2, 0.25) is 0 Å². The number of aldehydes is 1. The summed E-state index contributed by atoms with van der Waals surface area (Å²) < 4.78 is 7.85. The van der Waals surface area contributed by atoms with E-state index in [0.29, 0.717) is 6.61 Å². The first-order valence-electron chi connectivity index (χ1n) is 7.59. The van der Waals surface area contributed by atoms with Crippen molar-refractivity contribution >= 4 is 17.2 Å². The van der Waals surface area contributed by atoms with Gasteiger partial charge in [-0.2, -0.15) is 0 Å². The average Bonchev–Trinajstić information content (AvgIpc) is 2.94. The largest absolute Gasteiger partial charge is 0.494 e. The van der Waals surface area contributed by atoms with Gasteiger partial charge in [0.25, 0.3) is 0 Å². The first-order chi connectivity index (χ1) is 10.9. The first kappa shape index (κ1) is 14.4. The molecule has 0 atom stereocenters. The molecule has 2 aromatic carbocycles. The highest BCUT2D eigenvalue weighted by Crippen LogP contribution is 2.20. The predicted molar refractivity (Wildman–Crippen MR) is 88.5 cm³/mol. The number of aryl methyl sites for hydroxylation is 1. The summed E-state index contributed by atoms with van der Waals surface area (Å²) in [4.78, 5) is 11.1. The molecule has 0 fully saturated rings. The number of hydrogen-bond donors (Lipinski definition) is 0. The lowest BCUT2D eigenvalue weighted by Gasteiger charge is -2.07. The van der Waals surface area contributed by atoms with Gasteiger partial charge in [-0.25, -0.2) is 0 Å². The number of nitrogens with zero attached hydrogens (tertiary/aromatic N) is 1. The molecule has 1 heterocycles. The Morgan fingerprint density at radius 1 is 0.955 bits per heavy atom. The third kappa shape index (κ3) is 3.19. The van der Waals surface area contributed by atoms with Crippen molar-refractivity contribution in [3.05, 3.63) is 66.4 Å². The van der Waals surface area contributed by atoms with Crippen molar-refractivity contribution in [2.45, 2.75) is 19.4 Å². The lowest BCUT2D eigenvalue weighted by atomic mass is 10.2. The van der Waals surface area contributed by atoms with Crippen LogP contribution in [0.15, 0.2) is 60.8 Å². The molecule has 0 bridgehead atoms. The van der Waals surface area contributed by atoms with Crippen molar-refractivity contribution in [2.75, 3.05) is 6.61 Å². The molecule has 0 aliphatic heterocycles. The minimum atomic E-state index is 0.712. The lowest BCUT2D eigenvalue weighted by molar-refractivity contribution is 0.112. The molecule has 0 unspecified atom stereocenters. The molecule has 3 nitrogen and oxygen atoms in total. The fourth-order valence-electron chi connectivity index (χ4n) is 2.65. The zero-order valence-electron chi connectivity index (χ0n) is 12.4. The van der Waals surface area contributed by atoms with Gasteiger partial charge in [0, 0.05) is 29.2 Å². The van der Waals surface area contributed by atoms with E-state index in [9.17, 15) is 4.79 Å². The van der Waals surface area contributed by atoms with Gasteiger partial charge in [0.15, 0.2) is 6.29 Å². The quantitative estimate of drug-likeness (QED) is 0.480. The molecule has 0 aliphatic rings. The van der Waals surface area contributed by atoms with Gasteiger partial charge in [0.05, 0.1) is 6.61 Å². The summed E-state index contributed by atoms with van der Waals surface area (Å²) in [5.74, 6) is 0.914. The number of unbranched alkanes of at least 4 members (excludes halogenated alkanes) is 1. The number of para-hydroxylation sites is 2. The molecule has 0 aliphatic carbocycles. The van der Waals surface area contributed by atoms with Gasteiger partial charge in [0.2, 0.25) is 0 Å². The predicted octanol–water partition coefficient (Wildman–Crippen LogP) is 4.31. The van der Waals surface area contributed by atoms with Gasteiger partial charge in [-0.1, -0.05) is 36.4 Å². The average molecular weight is 293 g/mol. The van der Waals surface area contributed by atoms with Crippen LogP contribution in [0.5, 0.6) is 5.75 Å². The van der Waals surface area contributed by atoms with E-state index in [-0.39, 0.29) is 0 Å². The van der Waals surface area contributed by atoms with Gasteiger partial charge in [-0.3, -0.25) is 4.79 Å². The second kappa shape index (κ2) is 6.94. The molecular formula is C19H19NO2. The van der Waals surface area contributed by atoms with Crippen molar-refractivity contribution < 1.29 is 9.53 Å². The molecule has 0 spiro atoms. The number of ether oxygens (including phenoxy) is 1. The highest BCUT2D eigenvalue weighted by molar-refractivity contribution is 5.97. The molecule has 3 aromatic rings. The Kier molecular flexibility index (Phi) is 4.54. The SMILES string of the molecule is O=Cc1cn(CCCCOc2ccccc2)c2ccccc12. The van der Waals surface area contributed by atoms with Gasteiger partial charge in [0.1, 0.15) is 5.75 Å². The van der Waals surface area contributed by atoms with E-state index in [1.807, 2.05) is 54.7 Å². The Hall–Kier alpha value is -2.55. The molecule has 0 amide bonds. The van der Waals surface area contributed by atoms with Crippen molar-refractivity contribution in [2.24, 2.45) is 0 Å². The standard InChI is InChI=1S/C19H19NO2/c21-15-16-14-20(19-11-5-4-10-18(16)19)12-6-7-13-22-17-8-2-1-3-9-17/h1-5,8-11,14-15H,6-7,12-13H2. The minimum absolute atomic E-state index is 0.712. The number of carbonyl (C=O) groups is 1. The van der Waals surface area contributed by atoms with E-state index in [4.69, 9.17) is 4.74 Å². The maximum absolute atomic E-state index is 11.1. The topological polar surface area (TPSA) is 31.2 Å². The molecule has 0 saturated heterocycles. The summed E-state index contributed by atoms with van der Waals surface area (Å²) in [6, 6.07) is 17.9. The number of carbonyl (C=O) groups excluding carboxylic acids is 1. The Morgan fingerprint density at radius 2 is 1.73 bits per heavy atom. The zero-order chi connectivity index (χ0) is 15.2. The van der Waals surface area contributed by atoms with E-state index in [0.717, 1.165) is 47.9 Å². The monoisotopic (exact) mass is 293 g/mol. The Labute approximate surface area is 130 Å². The molecule has 112 valence electrons. The summed E-state index contributed by atoms with van der Waals surface area (Å²) >= 11 is 0. The smallest absolute Gasteiger partial charge is 0.152 e. The second-order valence-corrected chi connectivity index (χ2v) is 5.28. The van der Waals surface area contributed by atoms with E-state index >= 15 is 0 Å². The van der Waals surface area contributed by atoms with Crippen LogP contribution in [-0.4, -0.2) is 17.5 Å². The number of fused-ring (bicyclic) bond motifs is 1. The van der Waals surface area contributed by atoms with Crippen LogP contribution in [0.3, 0.4) is 0 Å². The fourth-order valence-corrected chi connectivity index (χ4v) is 2.65. The van der Waals surface area contributed by atoms with Crippen molar-refractivity contribution in [3.8, 4) is 5.75 Å². The summed E-state index contributed by atoms with van der Waals surface area (Å²) in [6.45, 7) is 1.61. The van der Waals surface area contributed by atoms with Crippen LogP contribution in [-0.2, 0) is 6.54 Å². The van der Waals surface area contributed by atoms with Crippen LogP contribution >= 0.6 is 0 Å². The summed E-state index contributed by atoms with van der Waals surface area (Å²) in [6.07, 6.45) is 4.87. The van der Waals surface area contributed by atoms with Crippen molar-refractivity contribution in [1.29, 1.82) is 0 Å². The Bertz CT molecular complexity index is 746. The van der Waals surface area contributed by atoms with E-state index in [1.54, 1.807) is 0 Å². The maximum Gasteiger partial charge on any atom is 0.152 e. The van der Waals surface area contributed by atoms with Crippen molar-refractivity contribution in [1.82, 2.24) is 4.57 Å². The summed E-state index contributed by atoms with van der Waals surface area (Å²) in [5.41, 5.74) is 1.88. The number of hydrogen-bond acceptors (Lipinski definition) is 2. The van der Waals surface area contributed by atoms with Gasteiger partial charge < -0.3 is 9.30 Å². The summed E-state index contributed by atoms with van der Waals surface area (Å²) in [5, 5.41) is 1.03. The summed E-state index contributed by atoms with van der Waals surface area (Å²) in [7, 11) is 0. The first-order valence-corrected chi connectivity index (χ1v) is 7.59. The molecule has 22 heavy (non-hydrogen) atoms. The fraction of sp³-hybridized carbons (Fsp3) is 0.211. The Morgan fingerprint density at radius 3 is 2.55 bits per heavy atom. The lowest BCUT2D eigenvalue weighted by Crippen LogP contribution is -2.01. The van der Waals surface area contributed by atoms with Crippen molar-refractivity contribution in [3.63, 3.8) is 0 Å². The minimum Gasteiger partial charge on any atom is -0.494 e. The molecule has 0 N–H and O–H groups in total. The van der Waals surface area contributed by atoms with Gasteiger partial charge >= 0.3 is 0 Å². The number of rotatable bonds is 7. The second-order valence-electron chi connectivity index (χ2n) is 5.28. The molecule has 3 rings (SSSR count). The maximum atomic E-state index is 11.1. The highest BCUT2D eigenvalue weighted by Gasteiger charge is 2.06. The van der Waals surface area contributed by atoms with Crippen LogP contribution in [0.1, 0.15) is 23.2 Å². The normalized spacial score (nSPS) is 10.7. The van der Waals surface area contributed by atoms with Crippen LogP contribution in [0, 0.1) is 0 Å². The third-order valence-electron chi connectivity index (χ3n) is 3.75. The van der Waals surface area contributed by atoms with E-state index in [1.165, 1.54) is 0 Å². The Balaban J connectivity index is 1.55. The molecular weight excluding hydrogens is 274 g/mol. The van der Waals surface area contributed by atoms with Crippen LogP contribution in [0.25, 0.3) is 10.9 Å². The van der Waals surface area contributed by atoms with E-state index < -0.39 is 0 Å². The molecule has 1 aromatic heterocycles. The number of benzene rings is 2. The number of aromatic nitrogens is 1. The van der Waals surface area contributed by atoms with E-state index in [2.05, 4.69) is 10.6 Å². The third-order valence-corrected chi connectivity index (χ3v) is 3.75. The zero-order valence-corrected chi connectivity index (χ0v) is 12.4. The van der Waals surface area contributed by atoms with Crippen LogP contribution in [0.4, 0.5) is 0 Å². The molecule has 0 saturated carbocycles. The van der Waals surface area contributed by atoms with Gasteiger partial charge in [-0.15, -0.1) is 0 Å². The highest BCUT2D eigenvalue weighted by atomic mass is 16.5. The molecule has 0 radical (unpaired) electrons.